The summed E-state index contributed by atoms with van der Waals surface area (Å²) in [4.78, 5) is 11.8. The van der Waals surface area contributed by atoms with Crippen LogP contribution in [0.1, 0.15) is 13.3 Å². The number of rotatable bonds is 6. The Morgan fingerprint density at radius 1 is 1.47 bits per heavy atom. The fourth-order valence-corrected chi connectivity index (χ4v) is 2.12. The van der Waals surface area contributed by atoms with Crippen molar-refractivity contribution in [3.8, 4) is 5.75 Å². The van der Waals surface area contributed by atoms with Crippen molar-refractivity contribution in [1.82, 2.24) is 0 Å². The number of hydrogen-bond donors (Lipinski definition) is 2. The zero-order valence-corrected chi connectivity index (χ0v) is 10.4. The molecule has 1 aromatic rings. The lowest BCUT2D eigenvalue weighted by Gasteiger charge is -2.10. The van der Waals surface area contributed by atoms with Crippen LogP contribution in [0.4, 0.5) is 0 Å². The zero-order chi connectivity index (χ0) is 12.7. The van der Waals surface area contributed by atoms with E-state index in [0.717, 1.165) is 0 Å². The minimum absolute atomic E-state index is 0.0194. The van der Waals surface area contributed by atoms with Gasteiger partial charge in [0.15, 0.2) is 0 Å². The number of benzene rings is 1. The molecule has 1 unspecified atom stereocenters. The van der Waals surface area contributed by atoms with E-state index in [1.807, 2.05) is 0 Å². The van der Waals surface area contributed by atoms with E-state index in [-0.39, 0.29) is 12.2 Å². The minimum Gasteiger partial charge on any atom is -0.507 e. The van der Waals surface area contributed by atoms with Crippen LogP contribution in [0.5, 0.6) is 5.75 Å². The van der Waals surface area contributed by atoms with Gasteiger partial charge in [-0.3, -0.25) is 4.79 Å². The third-order valence-electron chi connectivity index (χ3n) is 2.00. The first-order valence-electron chi connectivity index (χ1n) is 5.38. The summed E-state index contributed by atoms with van der Waals surface area (Å²) in [7, 11) is 0. The van der Waals surface area contributed by atoms with Gasteiger partial charge >= 0.3 is 5.97 Å². The Kier molecular flexibility index (Phi) is 5.86. The van der Waals surface area contributed by atoms with Crippen LogP contribution >= 0.6 is 11.8 Å². The second kappa shape index (κ2) is 7.19. The molecule has 0 aliphatic carbocycles. The quantitative estimate of drug-likeness (QED) is 0.600. The molecule has 0 aliphatic heterocycles. The van der Waals surface area contributed by atoms with E-state index >= 15 is 0 Å². The lowest BCUT2D eigenvalue weighted by atomic mass is 10.3. The van der Waals surface area contributed by atoms with Gasteiger partial charge in [0.05, 0.1) is 19.1 Å². The Morgan fingerprint density at radius 2 is 2.18 bits per heavy atom. The third kappa shape index (κ3) is 5.10. The smallest absolute Gasteiger partial charge is 0.308 e. The molecule has 1 atom stereocenters. The molecule has 0 aromatic heterocycles. The van der Waals surface area contributed by atoms with Crippen molar-refractivity contribution < 1.29 is 19.7 Å². The first-order chi connectivity index (χ1) is 8.13. The van der Waals surface area contributed by atoms with Gasteiger partial charge in [-0.05, 0) is 19.1 Å². The minimum atomic E-state index is -0.765. The van der Waals surface area contributed by atoms with E-state index in [2.05, 4.69) is 0 Å². The molecule has 0 radical (unpaired) electrons. The van der Waals surface area contributed by atoms with Gasteiger partial charge in [-0.15, -0.1) is 11.8 Å². The number of carbonyl (C=O) groups excluding carboxylic acids is 1. The van der Waals surface area contributed by atoms with Crippen LogP contribution in [0.2, 0.25) is 0 Å². The summed E-state index contributed by atoms with van der Waals surface area (Å²) in [5.41, 5.74) is 0. The van der Waals surface area contributed by atoms with E-state index in [4.69, 9.17) is 4.74 Å². The van der Waals surface area contributed by atoms with Crippen molar-refractivity contribution >= 4 is 17.7 Å². The number of phenolic OH excluding ortho intramolecular Hbond substituents is 1. The van der Waals surface area contributed by atoms with E-state index in [1.54, 1.807) is 31.2 Å². The predicted octanol–water partition coefficient (Wildman–Crippen LogP) is 1.80. The fraction of sp³-hybridized carbons (Fsp3) is 0.417. The summed E-state index contributed by atoms with van der Waals surface area (Å²) < 4.78 is 4.73. The number of hydrogen-bond acceptors (Lipinski definition) is 5. The van der Waals surface area contributed by atoms with Crippen molar-refractivity contribution in [3.05, 3.63) is 24.3 Å². The molecule has 0 heterocycles. The number of thioether (sulfide) groups is 1. The highest BCUT2D eigenvalue weighted by Gasteiger charge is 2.12. The monoisotopic (exact) mass is 256 g/mol. The molecular formula is C12H16O4S. The maximum atomic E-state index is 11.1. The van der Waals surface area contributed by atoms with Gasteiger partial charge in [-0.1, -0.05) is 12.1 Å². The van der Waals surface area contributed by atoms with Gasteiger partial charge in [-0.2, -0.15) is 0 Å². The van der Waals surface area contributed by atoms with Gasteiger partial charge in [0, 0.05) is 10.6 Å². The van der Waals surface area contributed by atoms with Crippen molar-refractivity contribution in [2.24, 2.45) is 0 Å². The van der Waals surface area contributed by atoms with Crippen LogP contribution in [-0.4, -0.2) is 34.6 Å². The predicted molar refractivity (Wildman–Crippen MR) is 66.1 cm³/mol. The van der Waals surface area contributed by atoms with Gasteiger partial charge in [0.2, 0.25) is 0 Å². The number of ether oxygens (including phenoxy) is 1. The topological polar surface area (TPSA) is 66.8 Å². The third-order valence-corrected chi connectivity index (χ3v) is 3.21. The average Bonchev–Trinajstić information content (AvgIpc) is 2.28. The molecule has 2 N–H and O–H groups in total. The van der Waals surface area contributed by atoms with E-state index in [1.165, 1.54) is 11.8 Å². The lowest BCUT2D eigenvalue weighted by Crippen LogP contribution is -2.17. The number of phenols is 1. The van der Waals surface area contributed by atoms with Gasteiger partial charge < -0.3 is 14.9 Å². The maximum absolute atomic E-state index is 11.1. The van der Waals surface area contributed by atoms with E-state index in [9.17, 15) is 15.0 Å². The Hall–Kier alpha value is -1.20. The molecule has 0 amide bonds. The summed E-state index contributed by atoms with van der Waals surface area (Å²) in [6, 6.07) is 6.88. The summed E-state index contributed by atoms with van der Waals surface area (Å²) in [6.45, 7) is 2.04. The summed E-state index contributed by atoms with van der Waals surface area (Å²) in [5.74, 6) is 0.120. The van der Waals surface area contributed by atoms with Gasteiger partial charge in [-0.25, -0.2) is 0 Å². The first-order valence-corrected chi connectivity index (χ1v) is 6.36. The van der Waals surface area contributed by atoms with Crippen LogP contribution in [0, 0.1) is 0 Å². The normalized spacial score (nSPS) is 12.1. The molecule has 0 saturated carbocycles. The van der Waals surface area contributed by atoms with Crippen molar-refractivity contribution in [3.63, 3.8) is 0 Å². The number of esters is 1. The van der Waals surface area contributed by atoms with Crippen LogP contribution in [0.15, 0.2) is 29.2 Å². The summed E-state index contributed by atoms with van der Waals surface area (Å²) >= 11 is 1.31. The van der Waals surface area contributed by atoms with Crippen LogP contribution < -0.4 is 0 Å². The summed E-state index contributed by atoms with van der Waals surface area (Å²) in [5, 5.41) is 19.1. The average molecular weight is 256 g/mol. The molecule has 0 fully saturated rings. The molecule has 94 valence electrons. The highest BCUT2D eigenvalue weighted by molar-refractivity contribution is 7.99. The van der Waals surface area contributed by atoms with Crippen LogP contribution in [-0.2, 0) is 9.53 Å². The Bertz CT molecular complexity index is 367. The second-order valence-electron chi connectivity index (χ2n) is 3.44. The standard InChI is InChI=1S/C12H16O4S/c1-2-16-12(15)7-9(13)8-17-11-6-4-3-5-10(11)14/h3-6,9,13-14H,2,7-8H2,1H3. The Balaban J connectivity index is 2.35. The molecule has 0 bridgehead atoms. The Morgan fingerprint density at radius 3 is 2.82 bits per heavy atom. The molecule has 5 heteroatoms. The zero-order valence-electron chi connectivity index (χ0n) is 9.63. The summed E-state index contributed by atoms with van der Waals surface area (Å²) in [6.07, 6.45) is -0.785. The van der Waals surface area contributed by atoms with Crippen LogP contribution in [0.25, 0.3) is 0 Å². The maximum Gasteiger partial charge on any atom is 0.308 e. The second-order valence-corrected chi connectivity index (χ2v) is 4.50. The van der Waals surface area contributed by atoms with Crippen molar-refractivity contribution in [1.29, 1.82) is 0 Å². The first kappa shape index (κ1) is 13.9. The van der Waals surface area contributed by atoms with Gasteiger partial charge in [0.25, 0.3) is 0 Å². The largest absolute Gasteiger partial charge is 0.507 e. The fourth-order valence-electron chi connectivity index (χ4n) is 1.24. The number of para-hydroxylation sites is 1. The molecule has 0 saturated heterocycles. The molecule has 0 aliphatic rings. The van der Waals surface area contributed by atoms with Gasteiger partial charge in [0.1, 0.15) is 5.75 Å². The molecule has 0 spiro atoms. The van der Waals surface area contributed by atoms with Crippen molar-refractivity contribution in [2.75, 3.05) is 12.4 Å². The van der Waals surface area contributed by atoms with Crippen molar-refractivity contribution in [2.45, 2.75) is 24.3 Å². The Labute approximate surface area is 105 Å². The van der Waals surface area contributed by atoms with Crippen LogP contribution in [0.3, 0.4) is 0 Å². The highest BCUT2D eigenvalue weighted by Crippen LogP contribution is 2.28. The SMILES string of the molecule is CCOC(=O)CC(O)CSc1ccccc1O. The number of aliphatic hydroxyl groups is 1. The number of aromatic hydroxyl groups is 1. The molecule has 1 rings (SSSR count). The molecular weight excluding hydrogens is 240 g/mol. The van der Waals surface area contributed by atoms with E-state index < -0.39 is 12.1 Å². The molecule has 1 aromatic carbocycles. The molecule has 17 heavy (non-hydrogen) atoms. The highest BCUT2D eigenvalue weighted by atomic mass is 32.2. The van der Waals surface area contributed by atoms with E-state index in [0.29, 0.717) is 17.3 Å². The molecule has 4 nitrogen and oxygen atoms in total. The lowest BCUT2D eigenvalue weighted by molar-refractivity contribution is -0.144. The number of aliphatic hydroxyl groups excluding tert-OH is 1. The number of carbonyl (C=O) groups is 1.